The standard InChI is InChI=1S/C16H19NO4/c1-4-5-8-21-13(18)9-17-14-11(3)10(2)6-7-12(14)15(19)16(17)20/h6-7H,4-5,8-9H2,1-3H3. The second kappa shape index (κ2) is 6.08. The number of rotatable bonds is 5. The zero-order valence-corrected chi connectivity index (χ0v) is 12.6. The third-order valence-corrected chi connectivity index (χ3v) is 3.70. The van der Waals surface area contributed by atoms with Crippen molar-refractivity contribution in [3.8, 4) is 0 Å². The molecule has 0 aromatic heterocycles. The van der Waals surface area contributed by atoms with Gasteiger partial charge < -0.3 is 4.74 Å². The van der Waals surface area contributed by atoms with E-state index < -0.39 is 17.7 Å². The molecule has 0 N–H and O–H groups in total. The summed E-state index contributed by atoms with van der Waals surface area (Å²) in [7, 11) is 0. The quantitative estimate of drug-likeness (QED) is 0.473. The van der Waals surface area contributed by atoms with Crippen molar-refractivity contribution in [3.05, 3.63) is 28.8 Å². The highest BCUT2D eigenvalue weighted by Crippen LogP contribution is 2.33. The van der Waals surface area contributed by atoms with Crippen molar-refractivity contribution in [1.29, 1.82) is 0 Å². The highest BCUT2D eigenvalue weighted by Gasteiger charge is 2.38. The Bertz CT molecular complexity index is 607. The average molecular weight is 289 g/mol. The van der Waals surface area contributed by atoms with E-state index in [2.05, 4.69) is 0 Å². The van der Waals surface area contributed by atoms with Crippen molar-refractivity contribution < 1.29 is 19.1 Å². The molecule has 1 amide bonds. The van der Waals surface area contributed by atoms with Gasteiger partial charge in [-0.05, 0) is 37.5 Å². The minimum atomic E-state index is -0.661. The Labute approximate surface area is 123 Å². The molecule has 0 fully saturated rings. The Kier molecular flexibility index (Phi) is 4.40. The Morgan fingerprint density at radius 1 is 1.24 bits per heavy atom. The number of carbonyl (C=O) groups is 3. The molecule has 1 heterocycles. The molecule has 5 heteroatoms. The number of ether oxygens (including phenoxy) is 1. The second-order valence-electron chi connectivity index (χ2n) is 5.20. The van der Waals surface area contributed by atoms with E-state index in [1.54, 1.807) is 6.07 Å². The Morgan fingerprint density at radius 3 is 2.62 bits per heavy atom. The summed E-state index contributed by atoms with van der Waals surface area (Å²) >= 11 is 0. The Morgan fingerprint density at radius 2 is 1.95 bits per heavy atom. The van der Waals surface area contributed by atoms with Gasteiger partial charge in [0.25, 0.3) is 11.7 Å². The van der Waals surface area contributed by atoms with Crippen LogP contribution < -0.4 is 4.90 Å². The fourth-order valence-electron chi connectivity index (χ4n) is 2.33. The first-order valence-electron chi connectivity index (χ1n) is 7.09. The molecule has 2 rings (SSSR count). The van der Waals surface area contributed by atoms with Gasteiger partial charge in [0.1, 0.15) is 6.54 Å². The molecule has 5 nitrogen and oxygen atoms in total. The summed E-state index contributed by atoms with van der Waals surface area (Å²) in [6.45, 7) is 5.87. The SMILES string of the molecule is CCCCOC(=O)CN1C(=O)C(=O)c2ccc(C)c(C)c21. The maximum atomic E-state index is 12.1. The van der Waals surface area contributed by atoms with Crippen molar-refractivity contribution in [3.63, 3.8) is 0 Å². The molecule has 21 heavy (non-hydrogen) atoms. The molecule has 0 bridgehead atoms. The molecule has 0 saturated heterocycles. The molecule has 1 aliphatic rings. The van der Waals surface area contributed by atoms with Crippen LogP contribution in [0.3, 0.4) is 0 Å². The second-order valence-corrected chi connectivity index (χ2v) is 5.20. The number of unbranched alkanes of at least 4 members (excludes halogenated alkanes) is 1. The van der Waals surface area contributed by atoms with Gasteiger partial charge in [0.15, 0.2) is 0 Å². The Hall–Kier alpha value is -2.17. The molecule has 112 valence electrons. The Balaban J connectivity index is 2.22. The van der Waals surface area contributed by atoms with Crippen molar-refractivity contribution in [2.75, 3.05) is 18.1 Å². The van der Waals surface area contributed by atoms with Crippen LogP contribution in [-0.2, 0) is 14.3 Å². The van der Waals surface area contributed by atoms with Gasteiger partial charge in [-0.3, -0.25) is 19.3 Å². The molecule has 0 aliphatic carbocycles. The van der Waals surface area contributed by atoms with Gasteiger partial charge in [0.2, 0.25) is 0 Å². The van der Waals surface area contributed by atoms with Crippen LogP contribution in [-0.4, -0.2) is 30.8 Å². The highest BCUT2D eigenvalue weighted by atomic mass is 16.5. The predicted molar refractivity (Wildman–Crippen MR) is 78.5 cm³/mol. The maximum Gasteiger partial charge on any atom is 0.326 e. The lowest BCUT2D eigenvalue weighted by Gasteiger charge is -2.18. The third kappa shape index (κ3) is 2.82. The molecule has 0 unspecified atom stereocenters. The van der Waals surface area contributed by atoms with Gasteiger partial charge in [-0.2, -0.15) is 0 Å². The van der Waals surface area contributed by atoms with Gasteiger partial charge >= 0.3 is 5.97 Å². The van der Waals surface area contributed by atoms with Crippen LogP contribution in [0.4, 0.5) is 5.69 Å². The van der Waals surface area contributed by atoms with E-state index in [4.69, 9.17) is 4.74 Å². The van der Waals surface area contributed by atoms with Crippen LogP contribution in [0, 0.1) is 13.8 Å². The monoisotopic (exact) mass is 289 g/mol. The summed E-state index contributed by atoms with van der Waals surface area (Å²) in [4.78, 5) is 37.1. The van der Waals surface area contributed by atoms with E-state index in [0.717, 1.165) is 24.0 Å². The van der Waals surface area contributed by atoms with Gasteiger partial charge in [0, 0.05) is 0 Å². The topological polar surface area (TPSA) is 63.7 Å². The zero-order valence-electron chi connectivity index (χ0n) is 12.6. The van der Waals surface area contributed by atoms with Crippen LogP contribution in [0.15, 0.2) is 12.1 Å². The summed E-state index contributed by atoms with van der Waals surface area (Å²) in [5.41, 5.74) is 2.72. The first kappa shape index (κ1) is 15.2. The molecular weight excluding hydrogens is 270 g/mol. The lowest BCUT2D eigenvalue weighted by atomic mass is 10.0. The number of fused-ring (bicyclic) bond motifs is 1. The van der Waals surface area contributed by atoms with Crippen molar-refractivity contribution in [2.45, 2.75) is 33.6 Å². The number of carbonyl (C=O) groups excluding carboxylic acids is 3. The van der Waals surface area contributed by atoms with Crippen molar-refractivity contribution >= 4 is 23.3 Å². The molecular formula is C16H19NO4. The first-order chi connectivity index (χ1) is 9.97. The first-order valence-corrected chi connectivity index (χ1v) is 7.09. The third-order valence-electron chi connectivity index (χ3n) is 3.70. The number of nitrogens with zero attached hydrogens (tertiary/aromatic N) is 1. The summed E-state index contributed by atoms with van der Waals surface area (Å²) in [6.07, 6.45) is 1.71. The zero-order chi connectivity index (χ0) is 15.6. The van der Waals surface area contributed by atoms with Gasteiger partial charge in [-0.25, -0.2) is 0 Å². The number of esters is 1. The summed E-state index contributed by atoms with van der Waals surface area (Å²) in [6, 6.07) is 3.45. The highest BCUT2D eigenvalue weighted by molar-refractivity contribution is 6.52. The number of aryl methyl sites for hydroxylation is 1. The van der Waals surface area contributed by atoms with E-state index in [1.807, 2.05) is 26.8 Å². The molecule has 0 radical (unpaired) electrons. The lowest BCUT2D eigenvalue weighted by molar-refractivity contribution is -0.142. The molecule has 0 saturated carbocycles. The minimum absolute atomic E-state index is 0.217. The van der Waals surface area contributed by atoms with E-state index in [0.29, 0.717) is 17.9 Å². The largest absolute Gasteiger partial charge is 0.464 e. The van der Waals surface area contributed by atoms with E-state index in [9.17, 15) is 14.4 Å². The van der Waals surface area contributed by atoms with Crippen LogP contribution in [0.2, 0.25) is 0 Å². The van der Waals surface area contributed by atoms with Gasteiger partial charge in [0.05, 0.1) is 17.9 Å². The molecule has 1 aliphatic heterocycles. The number of benzene rings is 1. The number of anilines is 1. The smallest absolute Gasteiger partial charge is 0.326 e. The van der Waals surface area contributed by atoms with Gasteiger partial charge in [-0.15, -0.1) is 0 Å². The molecule has 1 aromatic rings. The number of ketones is 1. The van der Waals surface area contributed by atoms with Crippen LogP contribution in [0.25, 0.3) is 0 Å². The predicted octanol–water partition coefficient (Wildman–Crippen LogP) is 2.18. The summed E-state index contributed by atoms with van der Waals surface area (Å²) < 4.78 is 5.07. The molecule has 0 spiro atoms. The summed E-state index contributed by atoms with van der Waals surface area (Å²) in [5, 5.41) is 0. The van der Waals surface area contributed by atoms with Crippen LogP contribution in [0.1, 0.15) is 41.3 Å². The number of Topliss-reactive ketones (excluding diaryl/α,β-unsaturated/α-hetero) is 1. The maximum absolute atomic E-state index is 12.1. The fourth-order valence-corrected chi connectivity index (χ4v) is 2.33. The van der Waals surface area contributed by atoms with Crippen LogP contribution >= 0.6 is 0 Å². The molecule has 1 aromatic carbocycles. The lowest BCUT2D eigenvalue weighted by Crippen LogP contribution is -2.36. The van der Waals surface area contributed by atoms with E-state index in [1.165, 1.54) is 4.90 Å². The normalized spacial score (nSPS) is 13.6. The van der Waals surface area contributed by atoms with E-state index >= 15 is 0 Å². The van der Waals surface area contributed by atoms with Crippen LogP contribution in [0.5, 0.6) is 0 Å². The number of amides is 1. The number of hydrogen-bond donors (Lipinski definition) is 0. The van der Waals surface area contributed by atoms with Gasteiger partial charge in [-0.1, -0.05) is 19.4 Å². The summed E-state index contributed by atoms with van der Waals surface area (Å²) in [5.74, 6) is -1.71. The fraction of sp³-hybridized carbons (Fsp3) is 0.438. The van der Waals surface area contributed by atoms with Crippen molar-refractivity contribution in [2.24, 2.45) is 0 Å². The van der Waals surface area contributed by atoms with Crippen molar-refractivity contribution in [1.82, 2.24) is 0 Å². The van der Waals surface area contributed by atoms with E-state index in [-0.39, 0.29) is 6.54 Å². The average Bonchev–Trinajstić information content (AvgIpc) is 2.69. The number of hydrogen-bond acceptors (Lipinski definition) is 4. The minimum Gasteiger partial charge on any atom is -0.464 e. The molecule has 0 atom stereocenters.